The summed E-state index contributed by atoms with van der Waals surface area (Å²) in [5.41, 5.74) is 4.35. The van der Waals surface area contributed by atoms with Crippen molar-refractivity contribution in [3.63, 3.8) is 0 Å². The molecule has 1 heterocycles. The van der Waals surface area contributed by atoms with Gasteiger partial charge in [0.1, 0.15) is 11.6 Å². The first-order valence-electron chi connectivity index (χ1n) is 8.26. The number of nitrogens with one attached hydrogen (secondary N) is 1. The maximum absolute atomic E-state index is 11.3. The molecule has 1 aliphatic carbocycles. The number of sulfone groups is 1. The van der Waals surface area contributed by atoms with E-state index in [2.05, 4.69) is 15.3 Å². The fourth-order valence-electron chi connectivity index (χ4n) is 3.11. The molecule has 0 aliphatic heterocycles. The molecule has 1 aromatic carbocycles. The fourth-order valence-corrected chi connectivity index (χ4v) is 3.90. The third kappa shape index (κ3) is 4.32. The lowest BCUT2D eigenvalue weighted by molar-refractivity contribution is 0.601. The largest absolute Gasteiger partial charge is 0.366 e. The summed E-state index contributed by atoms with van der Waals surface area (Å²) in [7, 11) is -2.99. The number of hydrogen-bond acceptors (Lipinski definition) is 5. The van der Waals surface area contributed by atoms with Crippen LogP contribution in [0.4, 0.5) is 5.82 Å². The van der Waals surface area contributed by atoms with Crippen LogP contribution in [0.3, 0.4) is 0 Å². The minimum atomic E-state index is -2.99. The van der Waals surface area contributed by atoms with Crippen LogP contribution in [0, 0.1) is 6.92 Å². The van der Waals surface area contributed by atoms with Crippen LogP contribution in [0.15, 0.2) is 24.3 Å². The van der Waals surface area contributed by atoms with E-state index >= 15 is 0 Å². The maximum atomic E-state index is 11.3. The molecule has 0 amide bonds. The van der Waals surface area contributed by atoms with E-state index in [0.29, 0.717) is 6.54 Å². The van der Waals surface area contributed by atoms with E-state index in [0.717, 1.165) is 35.6 Å². The van der Waals surface area contributed by atoms with Crippen LogP contribution >= 0.6 is 0 Å². The SMILES string of the molecule is Cc1nc2c(c(NCc3ccc(CS(C)(=O)=O)cc3)n1)CCCC2. The van der Waals surface area contributed by atoms with Gasteiger partial charge >= 0.3 is 0 Å². The average molecular weight is 345 g/mol. The van der Waals surface area contributed by atoms with E-state index in [-0.39, 0.29) is 5.75 Å². The molecule has 1 aromatic heterocycles. The zero-order valence-electron chi connectivity index (χ0n) is 14.2. The molecule has 6 heteroatoms. The van der Waals surface area contributed by atoms with Crippen molar-refractivity contribution in [3.05, 3.63) is 52.5 Å². The van der Waals surface area contributed by atoms with Crippen molar-refractivity contribution in [1.82, 2.24) is 9.97 Å². The Morgan fingerprint density at radius 1 is 1.04 bits per heavy atom. The monoisotopic (exact) mass is 345 g/mol. The molecule has 128 valence electrons. The van der Waals surface area contributed by atoms with Gasteiger partial charge in [-0.1, -0.05) is 24.3 Å². The Balaban J connectivity index is 1.71. The Labute approximate surface area is 143 Å². The summed E-state index contributed by atoms with van der Waals surface area (Å²) in [5, 5.41) is 3.43. The van der Waals surface area contributed by atoms with E-state index in [1.165, 1.54) is 30.4 Å². The number of benzene rings is 1. The Morgan fingerprint density at radius 2 is 1.71 bits per heavy atom. The normalized spacial score (nSPS) is 14.2. The van der Waals surface area contributed by atoms with Gasteiger partial charge in [0.25, 0.3) is 0 Å². The van der Waals surface area contributed by atoms with Crippen LogP contribution in [-0.2, 0) is 35.0 Å². The summed E-state index contributed by atoms with van der Waals surface area (Å²) >= 11 is 0. The van der Waals surface area contributed by atoms with Crippen molar-refractivity contribution in [2.75, 3.05) is 11.6 Å². The smallest absolute Gasteiger partial charge is 0.151 e. The molecule has 24 heavy (non-hydrogen) atoms. The molecule has 1 N–H and O–H groups in total. The van der Waals surface area contributed by atoms with Crippen LogP contribution in [-0.4, -0.2) is 24.6 Å². The number of aromatic nitrogens is 2. The molecule has 0 radical (unpaired) electrons. The molecular weight excluding hydrogens is 322 g/mol. The van der Waals surface area contributed by atoms with Crippen LogP contribution in [0.2, 0.25) is 0 Å². The third-order valence-corrected chi connectivity index (χ3v) is 5.06. The number of aryl methyl sites for hydroxylation is 2. The number of nitrogens with zero attached hydrogens (tertiary/aromatic N) is 2. The zero-order valence-corrected chi connectivity index (χ0v) is 15.0. The van der Waals surface area contributed by atoms with Crippen molar-refractivity contribution in [1.29, 1.82) is 0 Å². The second kappa shape index (κ2) is 6.89. The first kappa shape index (κ1) is 16.9. The fraction of sp³-hybridized carbons (Fsp3) is 0.444. The number of anilines is 1. The standard InChI is InChI=1S/C18H23N3O2S/c1-13-20-17-6-4-3-5-16(17)18(21-13)19-11-14-7-9-15(10-8-14)12-24(2,22)23/h7-10H,3-6,11-12H2,1-2H3,(H,19,20,21). The van der Waals surface area contributed by atoms with Gasteiger partial charge < -0.3 is 5.32 Å². The van der Waals surface area contributed by atoms with Gasteiger partial charge in [-0.15, -0.1) is 0 Å². The van der Waals surface area contributed by atoms with Crippen LogP contribution < -0.4 is 5.32 Å². The first-order valence-corrected chi connectivity index (χ1v) is 10.3. The van der Waals surface area contributed by atoms with Gasteiger partial charge in [0.2, 0.25) is 0 Å². The van der Waals surface area contributed by atoms with Gasteiger partial charge in [-0.25, -0.2) is 18.4 Å². The average Bonchev–Trinajstić information content (AvgIpc) is 2.52. The zero-order chi connectivity index (χ0) is 17.2. The minimum absolute atomic E-state index is 0.0827. The van der Waals surface area contributed by atoms with Gasteiger partial charge in [-0.3, -0.25) is 0 Å². The molecule has 0 spiro atoms. The molecule has 0 atom stereocenters. The topological polar surface area (TPSA) is 72.0 Å². The van der Waals surface area contributed by atoms with E-state index in [1.807, 2.05) is 31.2 Å². The van der Waals surface area contributed by atoms with Gasteiger partial charge in [-0.2, -0.15) is 0 Å². The second-order valence-corrected chi connectivity index (χ2v) is 8.63. The highest BCUT2D eigenvalue weighted by atomic mass is 32.2. The lowest BCUT2D eigenvalue weighted by atomic mass is 9.96. The highest BCUT2D eigenvalue weighted by Crippen LogP contribution is 2.25. The Morgan fingerprint density at radius 3 is 2.42 bits per heavy atom. The lowest BCUT2D eigenvalue weighted by Gasteiger charge is -2.19. The number of hydrogen-bond donors (Lipinski definition) is 1. The van der Waals surface area contributed by atoms with Crippen molar-refractivity contribution in [2.24, 2.45) is 0 Å². The molecule has 1 aliphatic rings. The lowest BCUT2D eigenvalue weighted by Crippen LogP contribution is -2.13. The molecule has 3 rings (SSSR count). The van der Waals surface area contributed by atoms with Crippen molar-refractivity contribution < 1.29 is 8.42 Å². The molecule has 0 saturated carbocycles. The summed E-state index contributed by atoms with van der Waals surface area (Å²) in [5.74, 6) is 1.83. The summed E-state index contributed by atoms with van der Waals surface area (Å²) in [6, 6.07) is 7.68. The summed E-state index contributed by atoms with van der Waals surface area (Å²) < 4.78 is 22.7. The molecule has 0 fully saturated rings. The van der Waals surface area contributed by atoms with E-state index < -0.39 is 9.84 Å². The highest BCUT2D eigenvalue weighted by Gasteiger charge is 2.16. The predicted octanol–water partition coefficient (Wildman–Crippen LogP) is 2.82. The number of rotatable bonds is 5. The minimum Gasteiger partial charge on any atom is -0.366 e. The summed E-state index contributed by atoms with van der Waals surface area (Å²) in [6.07, 6.45) is 5.71. The Bertz CT molecular complexity index is 830. The summed E-state index contributed by atoms with van der Waals surface area (Å²) in [4.78, 5) is 9.13. The van der Waals surface area contributed by atoms with Crippen molar-refractivity contribution in [2.45, 2.75) is 44.9 Å². The Kier molecular flexibility index (Phi) is 4.85. The summed E-state index contributed by atoms with van der Waals surface area (Å²) in [6.45, 7) is 2.60. The maximum Gasteiger partial charge on any atom is 0.151 e. The molecule has 0 bridgehead atoms. The molecule has 0 unspecified atom stereocenters. The predicted molar refractivity (Wildman–Crippen MR) is 95.7 cm³/mol. The van der Waals surface area contributed by atoms with E-state index in [9.17, 15) is 8.42 Å². The highest BCUT2D eigenvalue weighted by molar-refractivity contribution is 7.89. The Hall–Kier alpha value is -1.95. The van der Waals surface area contributed by atoms with Gasteiger partial charge in [0.05, 0.1) is 5.75 Å². The van der Waals surface area contributed by atoms with Crippen molar-refractivity contribution >= 4 is 15.7 Å². The quantitative estimate of drug-likeness (QED) is 0.902. The van der Waals surface area contributed by atoms with Crippen molar-refractivity contribution in [3.8, 4) is 0 Å². The second-order valence-electron chi connectivity index (χ2n) is 6.49. The molecule has 5 nitrogen and oxygen atoms in total. The first-order chi connectivity index (χ1) is 11.4. The van der Waals surface area contributed by atoms with Gasteiger partial charge in [0, 0.05) is 24.1 Å². The molecular formula is C18H23N3O2S. The number of fused-ring (bicyclic) bond motifs is 1. The van der Waals surface area contributed by atoms with Crippen LogP contribution in [0.25, 0.3) is 0 Å². The molecule has 2 aromatic rings. The molecule has 0 saturated heterocycles. The van der Waals surface area contributed by atoms with E-state index in [1.54, 1.807) is 0 Å². The van der Waals surface area contributed by atoms with Gasteiger partial charge in [0.15, 0.2) is 9.84 Å². The van der Waals surface area contributed by atoms with Gasteiger partial charge in [-0.05, 0) is 43.7 Å². The third-order valence-electron chi connectivity index (χ3n) is 4.21. The van der Waals surface area contributed by atoms with E-state index in [4.69, 9.17) is 0 Å². The van der Waals surface area contributed by atoms with Crippen LogP contribution in [0.1, 0.15) is 41.1 Å². The van der Waals surface area contributed by atoms with Crippen LogP contribution in [0.5, 0.6) is 0 Å².